The van der Waals surface area contributed by atoms with E-state index < -0.39 is 0 Å². The molecule has 4 nitrogen and oxygen atoms in total. The topological polar surface area (TPSA) is 43.4 Å². The molecule has 0 unspecified atom stereocenters. The van der Waals surface area contributed by atoms with Crippen molar-refractivity contribution in [1.82, 2.24) is 10.3 Å². The van der Waals surface area contributed by atoms with Crippen LogP contribution in [0.15, 0.2) is 54.8 Å². The van der Waals surface area contributed by atoms with E-state index in [1.165, 1.54) is 0 Å². The third-order valence-electron chi connectivity index (χ3n) is 3.37. The highest BCUT2D eigenvalue weighted by Gasteiger charge is 2.15. The van der Waals surface area contributed by atoms with Gasteiger partial charge in [0.25, 0.3) is 0 Å². The van der Waals surface area contributed by atoms with Gasteiger partial charge in [-0.15, -0.1) is 0 Å². The van der Waals surface area contributed by atoms with Gasteiger partial charge in [-0.25, -0.2) is 0 Å². The summed E-state index contributed by atoms with van der Waals surface area (Å²) < 4.78 is 11.2. The van der Waals surface area contributed by atoms with E-state index in [-0.39, 0.29) is 0 Å². The Morgan fingerprint density at radius 3 is 3.20 bits per heavy atom. The smallest absolute Gasteiger partial charge is 0.132 e. The maximum atomic E-state index is 6.03. The molecule has 3 heterocycles. The highest BCUT2D eigenvalue weighted by atomic mass is 16.5. The molecule has 1 atom stereocenters. The number of allylic oxidation sites excluding steroid dienone is 1. The number of nitrogens with one attached hydrogen (secondary N) is 1. The Balaban J connectivity index is 1.83. The highest BCUT2D eigenvalue weighted by Crippen LogP contribution is 2.24. The average molecular weight is 270 g/mol. The van der Waals surface area contributed by atoms with Crippen LogP contribution in [0, 0.1) is 5.92 Å². The van der Waals surface area contributed by atoms with E-state index in [0.717, 1.165) is 36.6 Å². The second kappa shape index (κ2) is 6.39. The van der Waals surface area contributed by atoms with Gasteiger partial charge < -0.3 is 14.8 Å². The zero-order valence-corrected chi connectivity index (χ0v) is 11.3. The molecule has 4 heteroatoms. The molecule has 0 saturated carbocycles. The molecule has 0 aromatic carbocycles. The Kier molecular flexibility index (Phi) is 4.13. The summed E-state index contributed by atoms with van der Waals surface area (Å²) in [6.45, 7) is 2.63. The SMILES string of the molecule is C1=CC(O/C(=C/[C@H]2CCNC2)c2cccnc2)=CCO1. The quantitative estimate of drug-likeness (QED) is 0.854. The second-order valence-corrected chi connectivity index (χ2v) is 4.87. The van der Waals surface area contributed by atoms with Gasteiger partial charge in [0.2, 0.25) is 0 Å². The van der Waals surface area contributed by atoms with Crippen LogP contribution in [0.4, 0.5) is 0 Å². The number of ether oxygens (including phenoxy) is 2. The molecule has 2 aliphatic heterocycles. The first-order valence-corrected chi connectivity index (χ1v) is 6.91. The van der Waals surface area contributed by atoms with Crippen LogP contribution >= 0.6 is 0 Å². The molecule has 1 saturated heterocycles. The Labute approximate surface area is 118 Å². The fourth-order valence-corrected chi connectivity index (χ4v) is 2.30. The summed E-state index contributed by atoms with van der Waals surface area (Å²) in [5, 5.41) is 3.37. The first-order valence-electron chi connectivity index (χ1n) is 6.91. The minimum Gasteiger partial charge on any atom is -0.497 e. The van der Waals surface area contributed by atoms with Gasteiger partial charge >= 0.3 is 0 Å². The lowest BCUT2D eigenvalue weighted by Crippen LogP contribution is -2.08. The molecule has 2 aliphatic rings. The van der Waals surface area contributed by atoms with Crippen molar-refractivity contribution < 1.29 is 9.47 Å². The van der Waals surface area contributed by atoms with E-state index in [2.05, 4.69) is 16.4 Å². The lowest BCUT2D eigenvalue weighted by atomic mass is 10.1. The molecule has 1 N–H and O–H groups in total. The molecule has 104 valence electrons. The van der Waals surface area contributed by atoms with Crippen LogP contribution in [0.3, 0.4) is 0 Å². The Hall–Kier alpha value is -2.07. The Morgan fingerprint density at radius 1 is 1.50 bits per heavy atom. The lowest BCUT2D eigenvalue weighted by Gasteiger charge is -2.15. The van der Waals surface area contributed by atoms with E-state index >= 15 is 0 Å². The molecular formula is C16H18N2O2. The molecule has 1 fully saturated rings. The van der Waals surface area contributed by atoms with Crippen molar-refractivity contribution in [2.75, 3.05) is 19.7 Å². The van der Waals surface area contributed by atoms with Crippen LogP contribution in [0.25, 0.3) is 5.76 Å². The van der Waals surface area contributed by atoms with Gasteiger partial charge in [0.05, 0.1) is 6.26 Å². The monoisotopic (exact) mass is 270 g/mol. The van der Waals surface area contributed by atoms with Crippen molar-refractivity contribution in [2.45, 2.75) is 6.42 Å². The van der Waals surface area contributed by atoms with Crippen LogP contribution < -0.4 is 5.32 Å². The molecule has 0 aliphatic carbocycles. The zero-order valence-electron chi connectivity index (χ0n) is 11.3. The van der Waals surface area contributed by atoms with Crippen molar-refractivity contribution in [1.29, 1.82) is 0 Å². The van der Waals surface area contributed by atoms with Crippen LogP contribution in [0.5, 0.6) is 0 Å². The third kappa shape index (κ3) is 3.27. The number of hydrogen-bond donors (Lipinski definition) is 1. The minimum atomic E-state index is 0.509. The number of hydrogen-bond acceptors (Lipinski definition) is 4. The van der Waals surface area contributed by atoms with Crippen LogP contribution in [-0.2, 0) is 9.47 Å². The molecule has 3 rings (SSSR count). The van der Waals surface area contributed by atoms with Gasteiger partial charge in [-0.1, -0.05) is 0 Å². The Morgan fingerprint density at radius 2 is 2.50 bits per heavy atom. The number of aromatic nitrogens is 1. The molecule has 0 radical (unpaired) electrons. The van der Waals surface area contributed by atoms with E-state index in [0.29, 0.717) is 12.5 Å². The molecular weight excluding hydrogens is 252 g/mol. The molecule has 1 aromatic rings. The van der Waals surface area contributed by atoms with Crippen LogP contribution in [0.2, 0.25) is 0 Å². The fourth-order valence-electron chi connectivity index (χ4n) is 2.30. The maximum Gasteiger partial charge on any atom is 0.132 e. The number of rotatable bonds is 4. The van der Waals surface area contributed by atoms with Gasteiger partial charge in [0.1, 0.15) is 18.1 Å². The van der Waals surface area contributed by atoms with Crippen LogP contribution in [-0.4, -0.2) is 24.7 Å². The summed E-state index contributed by atoms with van der Waals surface area (Å²) in [5.41, 5.74) is 1.00. The standard InChI is InChI=1S/C16H18N2O2/c1-2-14(12-17-6-1)16(10-13-3-7-18-11-13)20-15-4-8-19-9-5-15/h1-2,4-6,8,10,12-13,18H,3,7,9,11H2/b16-10+/t13-/m1/s1. The van der Waals surface area contributed by atoms with Crippen molar-refractivity contribution >= 4 is 5.76 Å². The summed E-state index contributed by atoms with van der Waals surface area (Å²) >= 11 is 0. The van der Waals surface area contributed by atoms with Crippen LogP contribution in [0.1, 0.15) is 12.0 Å². The molecule has 1 aromatic heterocycles. The second-order valence-electron chi connectivity index (χ2n) is 4.87. The molecule has 0 spiro atoms. The van der Waals surface area contributed by atoms with Gasteiger partial charge in [0.15, 0.2) is 0 Å². The zero-order chi connectivity index (χ0) is 13.6. The first-order chi connectivity index (χ1) is 9.92. The first kappa shape index (κ1) is 12.9. The lowest BCUT2D eigenvalue weighted by molar-refractivity contribution is 0.269. The molecule has 20 heavy (non-hydrogen) atoms. The largest absolute Gasteiger partial charge is 0.497 e. The summed E-state index contributed by atoms with van der Waals surface area (Å²) in [5.74, 6) is 2.19. The van der Waals surface area contributed by atoms with Gasteiger partial charge in [-0.05, 0) is 43.2 Å². The number of pyridine rings is 1. The van der Waals surface area contributed by atoms with Crippen molar-refractivity contribution in [3.63, 3.8) is 0 Å². The summed E-state index contributed by atoms with van der Waals surface area (Å²) in [4.78, 5) is 4.17. The molecule has 0 amide bonds. The van der Waals surface area contributed by atoms with E-state index in [9.17, 15) is 0 Å². The van der Waals surface area contributed by atoms with E-state index in [1.54, 1.807) is 12.5 Å². The van der Waals surface area contributed by atoms with E-state index in [4.69, 9.17) is 9.47 Å². The maximum absolute atomic E-state index is 6.03. The van der Waals surface area contributed by atoms with Gasteiger partial charge in [0, 0.05) is 30.6 Å². The van der Waals surface area contributed by atoms with Crippen molar-refractivity contribution in [3.8, 4) is 0 Å². The predicted octanol–water partition coefficient (Wildman–Crippen LogP) is 2.48. The third-order valence-corrected chi connectivity index (χ3v) is 3.37. The van der Waals surface area contributed by atoms with Crippen molar-refractivity contribution in [3.05, 3.63) is 60.3 Å². The summed E-state index contributed by atoms with van der Waals surface area (Å²) in [6, 6.07) is 3.94. The minimum absolute atomic E-state index is 0.509. The Bertz CT molecular complexity index is 529. The number of nitrogens with zero attached hydrogens (tertiary/aromatic N) is 1. The molecule has 0 bridgehead atoms. The summed E-state index contributed by atoms with van der Waals surface area (Å²) in [6.07, 6.45) is 12.4. The van der Waals surface area contributed by atoms with E-state index in [1.807, 2.05) is 30.5 Å². The normalized spacial score (nSPS) is 22.3. The van der Waals surface area contributed by atoms with Gasteiger partial charge in [-0.2, -0.15) is 0 Å². The van der Waals surface area contributed by atoms with Gasteiger partial charge in [-0.3, -0.25) is 4.98 Å². The highest BCUT2D eigenvalue weighted by molar-refractivity contribution is 5.60. The average Bonchev–Trinajstić information content (AvgIpc) is 3.02. The fraction of sp³-hybridized carbons (Fsp3) is 0.312. The summed E-state index contributed by atoms with van der Waals surface area (Å²) in [7, 11) is 0. The predicted molar refractivity (Wildman–Crippen MR) is 77.5 cm³/mol. The van der Waals surface area contributed by atoms with Crippen molar-refractivity contribution in [2.24, 2.45) is 5.92 Å².